The lowest BCUT2D eigenvalue weighted by atomic mass is 9.77. The summed E-state index contributed by atoms with van der Waals surface area (Å²) in [6.45, 7) is 4.89. The molecular formula is C19H28O. The zero-order chi connectivity index (χ0) is 14.2. The second-order valence-corrected chi connectivity index (χ2v) is 5.87. The van der Waals surface area contributed by atoms with Crippen LogP contribution in [0.3, 0.4) is 0 Å². The first-order chi connectivity index (χ1) is 9.83. The van der Waals surface area contributed by atoms with Crippen LogP contribution in [0.5, 0.6) is 5.75 Å². The molecule has 1 aliphatic rings. The van der Waals surface area contributed by atoms with Crippen LogP contribution in [0, 0.1) is 5.92 Å². The van der Waals surface area contributed by atoms with E-state index in [1.54, 1.807) is 0 Å². The Kier molecular flexibility index (Phi) is 6.17. The molecule has 1 saturated carbocycles. The van der Waals surface area contributed by atoms with Gasteiger partial charge in [0.25, 0.3) is 0 Å². The molecule has 0 spiro atoms. The normalized spacial score (nSPS) is 23.1. The van der Waals surface area contributed by atoms with E-state index in [2.05, 4.69) is 43.3 Å². The Morgan fingerprint density at radius 3 is 2.40 bits per heavy atom. The van der Waals surface area contributed by atoms with Gasteiger partial charge in [0.05, 0.1) is 6.61 Å². The Labute approximate surface area is 124 Å². The highest BCUT2D eigenvalue weighted by molar-refractivity contribution is 5.29. The molecule has 0 amide bonds. The third-order valence-corrected chi connectivity index (χ3v) is 4.49. The third-order valence-electron chi connectivity index (χ3n) is 4.49. The summed E-state index contributed by atoms with van der Waals surface area (Å²) in [4.78, 5) is 0. The van der Waals surface area contributed by atoms with Crippen molar-refractivity contribution >= 4 is 0 Å². The summed E-state index contributed by atoms with van der Waals surface area (Å²) >= 11 is 0. The van der Waals surface area contributed by atoms with Gasteiger partial charge in [-0.15, -0.1) is 0 Å². The van der Waals surface area contributed by atoms with Gasteiger partial charge in [-0.05, 0) is 81.9 Å². The van der Waals surface area contributed by atoms with Crippen LogP contribution in [0.25, 0.3) is 0 Å². The molecule has 1 heteroatoms. The van der Waals surface area contributed by atoms with Crippen molar-refractivity contribution in [2.24, 2.45) is 5.92 Å². The zero-order valence-electron chi connectivity index (χ0n) is 13.0. The SMILES string of the molecule is CC=CCCC1CCC(c2ccc(OCC)cc2)CC1. The molecule has 110 valence electrons. The molecule has 0 aliphatic heterocycles. The number of hydrogen-bond donors (Lipinski definition) is 0. The highest BCUT2D eigenvalue weighted by Crippen LogP contribution is 2.37. The van der Waals surface area contributed by atoms with Crippen molar-refractivity contribution in [3.63, 3.8) is 0 Å². The molecule has 0 radical (unpaired) electrons. The molecule has 1 aliphatic carbocycles. The fourth-order valence-corrected chi connectivity index (χ4v) is 3.29. The highest BCUT2D eigenvalue weighted by Gasteiger charge is 2.21. The van der Waals surface area contributed by atoms with Crippen molar-refractivity contribution in [1.82, 2.24) is 0 Å². The van der Waals surface area contributed by atoms with Gasteiger partial charge in [-0.3, -0.25) is 0 Å². The van der Waals surface area contributed by atoms with E-state index in [1.807, 2.05) is 6.92 Å². The fraction of sp³-hybridized carbons (Fsp3) is 0.579. The largest absolute Gasteiger partial charge is 0.494 e. The van der Waals surface area contributed by atoms with Crippen LogP contribution < -0.4 is 4.74 Å². The monoisotopic (exact) mass is 272 g/mol. The first-order valence-electron chi connectivity index (χ1n) is 8.17. The smallest absolute Gasteiger partial charge is 0.119 e. The minimum Gasteiger partial charge on any atom is -0.494 e. The predicted molar refractivity (Wildman–Crippen MR) is 86.4 cm³/mol. The van der Waals surface area contributed by atoms with E-state index in [4.69, 9.17) is 4.74 Å². The van der Waals surface area contributed by atoms with E-state index in [-0.39, 0.29) is 0 Å². The Bertz CT molecular complexity index is 396. The van der Waals surface area contributed by atoms with E-state index >= 15 is 0 Å². The molecule has 0 unspecified atom stereocenters. The van der Waals surface area contributed by atoms with Gasteiger partial charge in [0.15, 0.2) is 0 Å². The molecule has 0 atom stereocenters. The molecule has 1 aromatic carbocycles. The quantitative estimate of drug-likeness (QED) is 0.602. The summed E-state index contributed by atoms with van der Waals surface area (Å²) in [5, 5.41) is 0. The highest BCUT2D eigenvalue weighted by atomic mass is 16.5. The molecule has 0 aromatic heterocycles. The topological polar surface area (TPSA) is 9.23 Å². The van der Waals surface area contributed by atoms with Crippen LogP contribution in [-0.2, 0) is 0 Å². The lowest BCUT2D eigenvalue weighted by Crippen LogP contribution is -2.13. The molecule has 0 saturated heterocycles. The van der Waals surface area contributed by atoms with Gasteiger partial charge in [0.2, 0.25) is 0 Å². The molecule has 0 N–H and O–H groups in total. The van der Waals surface area contributed by atoms with Gasteiger partial charge in [-0.1, -0.05) is 24.3 Å². The molecule has 1 fully saturated rings. The second kappa shape index (κ2) is 8.14. The minimum atomic E-state index is 0.747. The predicted octanol–water partition coefficient (Wildman–Crippen LogP) is 5.72. The Hall–Kier alpha value is -1.24. The number of ether oxygens (including phenoxy) is 1. The van der Waals surface area contributed by atoms with Crippen LogP contribution >= 0.6 is 0 Å². The summed E-state index contributed by atoms with van der Waals surface area (Å²) in [7, 11) is 0. The van der Waals surface area contributed by atoms with E-state index in [1.165, 1.54) is 44.1 Å². The first kappa shape index (κ1) is 15.2. The molecule has 2 rings (SSSR count). The van der Waals surface area contributed by atoms with Crippen molar-refractivity contribution in [3.8, 4) is 5.75 Å². The van der Waals surface area contributed by atoms with E-state index < -0.39 is 0 Å². The molecule has 20 heavy (non-hydrogen) atoms. The second-order valence-electron chi connectivity index (χ2n) is 5.87. The van der Waals surface area contributed by atoms with Crippen LogP contribution in [0.15, 0.2) is 36.4 Å². The molecule has 0 heterocycles. The minimum absolute atomic E-state index is 0.747. The van der Waals surface area contributed by atoms with Crippen LogP contribution in [0.2, 0.25) is 0 Å². The van der Waals surface area contributed by atoms with E-state index in [0.717, 1.165) is 24.2 Å². The molecule has 1 nitrogen and oxygen atoms in total. The Morgan fingerprint density at radius 1 is 1.10 bits per heavy atom. The van der Waals surface area contributed by atoms with Crippen molar-refractivity contribution in [2.45, 2.75) is 58.3 Å². The molecule has 1 aromatic rings. The fourth-order valence-electron chi connectivity index (χ4n) is 3.29. The van der Waals surface area contributed by atoms with Crippen molar-refractivity contribution in [2.75, 3.05) is 6.61 Å². The maximum Gasteiger partial charge on any atom is 0.119 e. The van der Waals surface area contributed by atoms with Crippen molar-refractivity contribution < 1.29 is 4.74 Å². The van der Waals surface area contributed by atoms with Crippen LogP contribution in [0.1, 0.15) is 63.9 Å². The van der Waals surface area contributed by atoms with Gasteiger partial charge in [-0.25, -0.2) is 0 Å². The molecule has 0 bridgehead atoms. The summed E-state index contributed by atoms with van der Waals surface area (Å²) in [5.41, 5.74) is 1.50. The van der Waals surface area contributed by atoms with E-state index in [0.29, 0.717) is 0 Å². The standard InChI is InChI=1S/C19H28O/c1-3-5-6-7-16-8-10-17(11-9-16)18-12-14-19(15-13-18)20-4-2/h3,5,12-17H,4,6-11H2,1-2H3. The van der Waals surface area contributed by atoms with Crippen LogP contribution in [-0.4, -0.2) is 6.61 Å². The Balaban J connectivity index is 1.80. The van der Waals surface area contributed by atoms with Gasteiger partial charge in [-0.2, -0.15) is 0 Å². The average Bonchev–Trinajstić information content (AvgIpc) is 2.49. The lowest BCUT2D eigenvalue weighted by molar-refractivity contribution is 0.311. The lowest BCUT2D eigenvalue weighted by Gasteiger charge is -2.28. The summed E-state index contributed by atoms with van der Waals surface area (Å²) < 4.78 is 5.51. The summed E-state index contributed by atoms with van der Waals surface area (Å²) in [6.07, 6.45) is 12.6. The van der Waals surface area contributed by atoms with Gasteiger partial charge in [0.1, 0.15) is 5.75 Å². The van der Waals surface area contributed by atoms with Crippen molar-refractivity contribution in [1.29, 1.82) is 0 Å². The van der Waals surface area contributed by atoms with Gasteiger partial charge < -0.3 is 4.74 Å². The molecular weight excluding hydrogens is 244 g/mol. The summed E-state index contributed by atoms with van der Waals surface area (Å²) in [5.74, 6) is 2.71. The van der Waals surface area contributed by atoms with Gasteiger partial charge >= 0.3 is 0 Å². The zero-order valence-corrected chi connectivity index (χ0v) is 13.0. The maximum atomic E-state index is 5.51. The number of rotatable bonds is 6. The van der Waals surface area contributed by atoms with Gasteiger partial charge in [0, 0.05) is 0 Å². The number of hydrogen-bond acceptors (Lipinski definition) is 1. The average molecular weight is 272 g/mol. The number of allylic oxidation sites excluding steroid dienone is 2. The van der Waals surface area contributed by atoms with Crippen molar-refractivity contribution in [3.05, 3.63) is 42.0 Å². The third kappa shape index (κ3) is 4.40. The first-order valence-corrected chi connectivity index (χ1v) is 8.17. The number of benzene rings is 1. The van der Waals surface area contributed by atoms with E-state index in [9.17, 15) is 0 Å². The summed E-state index contributed by atoms with van der Waals surface area (Å²) in [6, 6.07) is 8.76. The Morgan fingerprint density at radius 2 is 1.80 bits per heavy atom. The maximum absolute atomic E-state index is 5.51. The van der Waals surface area contributed by atoms with Crippen LogP contribution in [0.4, 0.5) is 0 Å².